The van der Waals surface area contributed by atoms with Crippen LogP contribution in [0.2, 0.25) is 0 Å². The van der Waals surface area contributed by atoms with Gasteiger partial charge in [-0.15, -0.1) is 0 Å². The number of nitrogens with one attached hydrogen (secondary N) is 1. The first kappa shape index (κ1) is 13.6. The van der Waals surface area contributed by atoms with Crippen LogP contribution in [0.4, 0.5) is 4.39 Å². The molecule has 0 bridgehead atoms. The molecule has 2 N–H and O–H groups in total. The van der Waals surface area contributed by atoms with Gasteiger partial charge in [-0.05, 0) is 30.5 Å². The molecule has 100 valence electrons. The standard InChI is InChI=1S/C15H16FNO2/c1-2-10-8-14(10)17-15(19)13-9-12(16)6-5-11(13)4-3-7-18/h5-6,9-10,14,18H,2,7-8H2,1H3,(H,17,19). The fourth-order valence-corrected chi connectivity index (χ4v) is 2.07. The second-order valence-corrected chi connectivity index (χ2v) is 4.63. The van der Waals surface area contributed by atoms with E-state index in [1.807, 2.05) is 0 Å². The molecule has 0 heterocycles. The lowest BCUT2D eigenvalue weighted by molar-refractivity contribution is 0.0948. The third kappa shape index (κ3) is 3.33. The van der Waals surface area contributed by atoms with Gasteiger partial charge in [0.05, 0.1) is 5.56 Å². The molecule has 1 aliphatic carbocycles. The third-order valence-corrected chi connectivity index (χ3v) is 3.29. The number of amides is 1. The lowest BCUT2D eigenvalue weighted by Gasteiger charge is -2.06. The van der Waals surface area contributed by atoms with Gasteiger partial charge >= 0.3 is 0 Å². The molecule has 4 heteroatoms. The van der Waals surface area contributed by atoms with Crippen molar-refractivity contribution in [2.75, 3.05) is 6.61 Å². The van der Waals surface area contributed by atoms with Gasteiger partial charge in [-0.3, -0.25) is 4.79 Å². The molecule has 0 spiro atoms. The van der Waals surface area contributed by atoms with E-state index in [0.29, 0.717) is 11.5 Å². The fraction of sp³-hybridized carbons (Fsp3) is 0.400. The highest BCUT2D eigenvalue weighted by molar-refractivity contribution is 5.97. The maximum absolute atomic E-state index is 13.2. The number of carbonyl (C=O) groups is 1. The number of aliphatic hydroxyl groups excluding tert-OH is 1. The molecule has 1 aromatic carbocycles. The Bertz CT molecular complexity index is 545. The average Bonchev–Trinajstić information content (AvgIpc) is 3.15. The smallest absolute Gasteiger partial charge is 0.252 e. The van der Waals surface area contributed by atoms with Crippen LogP contribution in [0, 0.1) is 23.6 Å². The van der Waals surface area contributed by atoms with Gasteiger partial charge in [0, 0.05) is 11.6 Å². The first-order valence-electron chi connectivity index (χ1n) is 6.35. The van der Waals surface area contributed by atoms with E-state index in [4.69, 9.17) is 5.11 Å². The predicted molar refractivity (Wildman–Crippen MR) is 70.0 cm³/mol. The van der Waals surface area contributed by atoms with Crippen LogP contribution >= 0.6 is 0 Å². The van der Waals surface area contributed by atoms with Crippen LogP contribution < -0.4 is 5.32 Å². The molecule has 0 radical (unpaired) electrons. The van der Waals surface area contributed by atoms with E-state index in [1.54, 1.807) is 0 Å². The van der Waals surface area contributed by atoms with Crippen molar-refractivity contribution in [1.29, 1.82) is 0 Å². The van der Waals surface area contributed by atoms with Crippen molar-refractivity contribution in [3.8, 4) is 11.8 Å². The minimum absolute atomic E-state index is 0.194. The topological polar surface area (TPSA) is 49.3 Å². The fourth-order valence-electron chi connectivity index (χ4n) is 2.07. The molecular formula is C15H16FNO2. The summed E-state index contributed by atoms with van der Waals surface area (Å²) in [6.45, 7) is 1.79. The molecule has 1 fully saturated rings. The second kappa shape index (κ2) is 5.85. The summed E-state index contributed by atoms with van der Waals surface area (Å²) in [7, 11) is 0. The van der Waals surface area contributed by atoms with Gasteiger partial charge in [-0.1, -0.05) is 25.2 Å². The molecule has 2 unspecified atom stereocenters. The van der Waals surface area contributed by atoms with Crippen molar-refractivity contribution in [3.05, 3.63) is 35.1 Å². The number of halogens is 1. The maximum atomic E-state index is 13.2. The number of benzene rings is 1. The Kier molecular flexibility index (Phi) is 4.18. The van der Waals surface area contributed by atoms with Crippen molar-refractivity contribution in [3.63, 3.8) is 0 Å². The van der Waals surface area contributed by atoms with E-state index in [-0.39, 0.29) is 24.1 Å². The number of hydrogen-bond acceptors (Lipinski definition) is 2. The molecule has 2 atom stereocenters. The molecule has 2 rings (SSSR count). The van der Waals surface area contributed by atoms with Gasteiger partial charge < -0.3 is 10.4 Å². The molecule has 3 nitrogen and oxygen atoms in total. The van der Waals surface area contributed by atoms with Gasteiger partial charge in [0.15, 0.2) is 0 Å². The van der Waals surface area contributed by atoms with Crippen molar-refractivity contribution >= 4 is 5.91 Å². The van der Waals surface area contributed by atoms with Crippen LogP contribution in [0.5, 0.6) is 0 Å². The quantitative estimate of drug-likeness (QED) is 0.814. The molecule has 0 aromatic heterocycles. The summed E-state index contributed by atoms with van der Waals surface area (Å²) in [5.41, 5.74) is 0.657. The van der Waals surface area contributed by atoms with E-state index >= 15 is 0 Å². The molecule has 19 heavy (non-hydrogen) atoms. The van der Waals surface area contributed by atoms with E-state index in [9.17, 15) is 9.18 Å². The normalized spacial score (nSPS) is 20.4. The summed E-state index contributed by atoms with van der Waals surface area (Å²) in [6, 6.07) is 4.08. The van der Waals surface area contributed by atoms with Crippen molar-refractivity contribution < 1.29 is 14.3 Å². The molecule has 1 aromatic rings. The Morgan fingerprint density at radius 3 is 3.00 bits per heavy atom. The van der Waals surface area contributed by atoms with Crippen LogP contribution in [0.25, 0.3) is 0 Å². The Hall–Kier alpha value is -1.86. The summed E-state index contributed by atoms with van der Waals surface area (Å²) >= 11 is 0. The minimum Gasteiger partial charge on any atom is -0.384 e. The Balaban J connectivity index is 2.17. The van der Waals surface area contributed by atoms with Gasteiger partial charge in [0.2, 0.25) is 0 Å². The molecule has 1 amide bonds. The lowest BCUT2D eigenvalue weighted by Crippen LogP contribution is -2.27. The summed E-state index contributed by atoms with van der Waals surface area (Å²) in [5.74, 6) is 4.89. The summed E-state index contributed by atoms with van der Waals surface area (Å²) < 4.78 is 13.2. The highest BCUT2D eigenvalue weighted by Gasteiger charge is 2.36. The van der Waals surface area contributed by atoms with Gasteiger partial charge in [0.1, 0.15) is 12.4 Å². The summed E-state index contributed by atoms with van der Waals surface area (Å²) in [4.78, 5) is 12.1. The first-order valence-corrected chi connectivity index (χ1v) is 6.35. The average molecular weight is 261 g/mol. The van der Waals surface area contributed by atoms with E-state index < -0.39 is 5.82 Å². The van der Waals surface area contributed by atoms with Crippen molar-refractivity contribution in [1.82, 2.24) is 5.32 Å². The number of hydrogen-bond donors (Lipinski definition) is 2. The zero-order valence-corrected chi connectivity index (χ0v) is 10.7. The molecule has 1 saturated carbocycles. The monoisotopic (exact) mass is 261 g/mol. The Morgan fingerprint density at radius 1 is 1.58 bits per heavy atom. The van der Waals surface area contributed by atoms with E-state index in [1.165, 1.54) is 18.2 Å². The minimum atomic E-state index is -0.470. The van der Waals surface area contributed by atoms with E-state index in [2.05, 4.69) is 24.1 Å². The molecular weight excluding hydrogens is 245 g/mol. The zero-order chi connectivity index (χ0) is 13.8. The number of aliphatic hydroxyl groups is 1. The zero-order valence-electron chi connectivity index (χ0n) is 10.7. The highest BCUT2D eigenvalue weighted by Crippen LogP contribution is 2.33. The van der Waals surface area contributed by atoms with Crippen molar-refractivity contribution in [2.24, 2.45) is 5.92 Å². The molecule has 1 aliphatic rings. The maximum Gasteiger partial charge on any atom is 0.252 e. The van der Waals surface area contributed by atoms with Crippen LogP contribution in [-0.2, 0) is 0 Å². The van der Waals surface area contributed by atoms with Gasteiger partial charge in [0.25, 0.3) is 5.91 Å². The predicted octanol–water partition coefficient (Wildman–Crippen LogP) is 1.70. The largest absolute Gasteiger partial charge is 0.384 e. The molecule has 0 aliphatic heterocycles. The van der Waals surface area contributed by atoms with Crippen LogP contribution in [0.1, 0.15) is 35.7 Å². The summed E-state index contributed by atoms with van der Waals surface area (Å²) in [6.07, 6.45) is 2.01. The van der Waals surface area contributed by atoms with E-state index in [0.717, 1.165) is 12.8 Å². The molecule has 0 saturated heterocycles. The van der Waals surface area contributed by atoms with Crippen LogP contribution in [0.15, 0.2) is 18.2 Å². The van der Waals surface area contributed by atoms with Crippen LogP contribution in [-0.4, -0.2) is 23.7 Å². The lowest BCUT2D eigenvalue weighted by atomic mass is 10.1. The first-order chi connectivity index (χ1) is 9.15. The Labute approximate surface area is 111 Å². The van der Waals surface area contributed by atoms with Gasteiger partial charge in [-0.25, -0.2) is 4.39 Å². The SMILES string of the molecule is CCC1CC1NC(=O)c1cc(F)ccc1C#CCO. The number of carbonyl (C=O) groups excluding carboxylic acids is 1. The highest BCUT2D eigenvalue weighted by atomic mass is 19.1. The second-order valence-electron chi connectivity index (χ2n) is 4.63. The Morgan fingerprint density at radius 2 is 2.37 bits per heavy atom. The number of rotatable bonds is 3. The third-order valence-electron chi connectivity index (χ3n) is 3.29. The van der Waals surface area contributed by atoms with Gasteiger partial charge in [-0.2, -0.15) is 0 Å². The van der Waals surface area contributed by atoms with Crippen LogP contribution in [0.3, 0.4) is 0 Å². The summed E-state index contributed by atoms with van der Waals surface area (Å²) in [5, 5.41) is 11.6. The van der Waals surface area contributed by atoms with Crippen molar-refractivity contribution in [2.45, 2.75) is 25.8 Å².